The van der Waals surface area contributed by atoms with Crippen molar-refractivity contribution >= 4 is 39.7 Å². The molecular weight excluding hydrogens is 406 g/mol. The Balaban J connectivity index is 1.48. The van der Waals surface area contributed by atoms with Crippen LogP contribution in [0.3, 0.4) is 0 Å². The second-order valence-corrected chi connectivity index (χ2v) is 7.32. The molecule has 0 aliphatic heterocycles. The Labute approximate surface area is 178 Å². The van der Waals surface area contributed by atoms with E-state index >= 15 is 0 Å². The molecule has 150 valence electrons. The van der Waals surface area contributed by atoms with Crippen molar-refractivity contribution in [3.63, 3.8) is 0 Å². The Kier molecular flexibility index (Phi) is 7.15. The third-order valence-corrected chi connectivity index (χ3v) is 5.03. The number of nitrogens with one attached hydrogen (secondary N) is 2. The van der Waals surface area contributed by atoms with Crippen LogP contribution in [-0.2, 0) is 11.2 Å². The molecule has 1 heterocycles. The van der Waals surface area contributed by atoms with E-state index in [1.165, 1.54) is 16.9 Å². The predicted octanol–water partition coefficient (Wildman–Crippen LogP) is 4.27. The average Bonchev–Trinajstić information content (AvgIpc) is 3.21. The minimum atomic E-state index is -0.339. The number of amides is 1. The van der Waals surface area contributed by atoms with Gasteiger partial charge in [0.25, 0.3) is 5.91 Å². The van der Waals surface area contributed by atoms with Gasteiger partial charge in [-0.3, -0.25) is 10.1 Å². The highest BCUT2D eigenvalue weighted by Crippen LogP contribution is 2.26. The highest BCUT2D eigenvalue weighted by molar-refractivity contribution is 7.80. The molecule has 0 unspecified atom stereocenters. The highest BCUT2D eigenvalue weighted by Gasteiger charge is 2.09. The fourth-order valence-corrected chi connectivity index (χ4v) is 3.49. The first-order valence-corrected chi connectivity index (χ1v) is 10.3. The van der Waals surface area contributed by atoms with Gasteiger partial charge in [-0.2, -0.15) is 0 Å². The molecule has 2 aromatic carbocycles. The van der Waals surface area contributed by atoms with Gasteiger partial charge in [-0.1, -0.05) is 19.1 Å². The maximum absolute atomic E-state index is 12.0. The zero-order chi connectivity index (χ0) is 20.6. The monoisotopic (exact) mass is 427 g/mol. The molecular formula is C21H21N3O3S2. The molecule has 6 nitrogen and oxygen atoms in total. The molecule has 29 heavy (non-hydrogen) atoms. The summed E-state index contributed by atoms with van der Waals surface area (Å²) < 4.78 is 10.6. The van der Waals surface area contributed by atoms with Crippen LogP contribution in [0.4, 0.5) is 5.13 Å². The summed E-state index contributed by atoms with van der Waals surface area (Å²) in [6, 6.07) is 15.3. The quantitative estimate of drug-likeness (QED) is 0.549. The van der Waals surface area contributed by atoms with Crippen LogP contribution < -0.4 is 20.1 Å². The van der Waals surface area contributed by atoms with Crippen LogP contribution in [0.25, 0.3) is 11.3 Å². The van der Waals surface area contributed by atoms with Crippen LogP contribution >= 0.6 is 23.6 Å². The van der Waals surface area contributed by atoms with Gasteiger partial charge in [-0.25, -0.2) is 4.98 Å². The Bertz CT molecular complexity index is 970. The molecule has 0 bridgehead atoms. The zero-order valence-corrected chi connectivity index (χ0v) is 17.7. The molecule has 0 aliphatic carbocycles. The van der Waals surface area contributed by atoms with E-state index in [9.17, 15) is 4.79 Å². The standard InChI is InChI=1S/C21H21N3O3S2/c1-3-14-4-8-17(9-5-14)27-12-19(25)23-20(28)24-21-22-18(13-29-21)15-6-10-16(26-2)11-7-15/h4-11,13H,3,12H2,1-2H3,(H2,22,23,24,25,28). The highest BCUT2D eigenvalue weighted by atomic mass is 32.1. The third-order valence-electron chi connectivity index (χ3n) is 4.06. The first-order chi connectivity index (χ1) is 14.1. The molecule has 1 amide bonds. The van der Waals surface area contributed by atoms with Crippen molar-refractivity contribution in [1.29, 1.82) is 0 Å². The molecule has 1 aromatic heterocycles. The van der Waals surface area contributed by atoms with Crippen LogP contribution in [0.15, 0.2) is 53.9 Å². The summed E-state index contributed by atoms with van der Waals surface area (Å²) in [7, 11) is 1.63. The number of nitrogens with zero attached hydrogens (tertiary/aromatic N) is 1. The van der Waals surface area contributed by atoms with Crippen LogP contribution in [0.2, 0.25) is 0 Å². The molecule has 3 rings (SSSR count). The molecule has 0 saturated carbocycles. The van der Waals surface area contributed by atoms with E-state index in [-0.39, 0.29) is 17.6 Å². The number of thiazole rings is 1. The van der Waals surface area contributed by atoms with E-state index in [1.54, 1.807) is 7.11 Å². The number of aromatic nitrogens is 1. The lowest BCUT2D eigenvalue weighted by atomic mass is 10.2. The SMILES string of the molecule is CCc1ccc(OCC(=O)NC(=S)Nc2nc(-c3ccc(OC)cc3)cs2)cc1. The Morgan fingerprint density at radius 3 is 2.45 bits per heavy atom. The largest absolute Gasteiger partial charge is 0.497 e. The van der Waals surface area contributed by atoms with Crippen LogP contribution in [0, 0.1) is 0 Å². The van der Waals surface area contributed by atoms with E-state index in [0.717, 1.165) is 23.4 Å². The van der Waals surface area contributed by atoms with Gasteiger partial charge in [0.05, 0.1) is 12.8 Å². The molecule has 0 fully saturated rings. The van der Waals surface area contributed by atoms with E-state index in [2.05, 4.69) is 22.5 Å². The second-order valence-electron chi connectivity index (χ2n) is 6.05. The van der Waals surface area contributed by atoms with Crippen molar-refractivity contribution in [3.05, 3.63) is 59.5 Å². The molecule has 0 saturated heterocycles. The second kappa shape index (κ2) is 9.99. The van der Waals surface area contributed by atoms with Crippen molar-refractivity contribution in [1.82, 2.24) is 10.3 Å². The van der Waals surface area contributed by atoms with Gasteiger partial charge in [0.1, 0.15) is 11.5 Å². The van der Waals surface area contributed by atoms with Gasteiger partial charge in [0, 0.05) is 10.9 Å². The number of hydrogen-bond donors (Lipinski definition) is 2. The van der Waals surface area contributed by atoms with Crippen LogP contribution in [-0.4, -0.2) is 29.7 Å². The molecule has 3 aromatic rings. The minimum absolute atomic E-state index is 0.123. The van der Waals surface area contributed by atoms with Crippen molar-refractivity contribution in [3.8, 4) is 22.8 Å². The molecule has 0 radical (unpaired) electrons. The van der Waals surface area contributed by atoms with Crippen molar-refractivity contribution in [2.45, 2.75) is 13.3 Å². The fourth-order valence-electron chi connectivity index (χ4n) is 2.49. The Morgan fingerprint density at radius 2 is 1.79 bits per heavy atom. The van der Waals surface area contributed by atoms with Crippen molar-refractivity contribution in [2.24, 2.45) is 0 Å². The average molecular weight is 428 g/mol. The van der Waals surface area contributed by atoms with Crippen LogP contribution in [0.1, 0.15) is 12.5 Å². The maximum atomic E-state index is 12.0. The Hall–Kier alpha value is -2.97. The molecule has 8 heteroatoms. The molecule has 0 spiro atoms. The normalized spacial score (nSPS) is 10.3. The topological polar surface area (TPSA) is 72.5 Å². The predicted molar refractivity (Wildman–Crippen MR) is 120 cm³/mol. The summed E-state index contributed by atoms with van der Waals surface area (Å²) in [5, 5.41) is 8.20. The van der Waals surface area contributed by atoms with E-state index < -0.39 is 0 Å². The zero-order valence-electron chi connectivity index (χ0n) is 16.1. The number of hydrogen-bond acceptors (Lipinski definition) is 6. The number of rotatable bonds is 7. The van der Waals surface area contributed by atoms with Gasteiger partial charge >= 0.3 is 0 Å². The number of benzene rings is 2. The van der Waals surface area contributed by atoms with Gasteiger partial charge in [-0.05, 0) is 60.6 Å². The van der Waals surface area contributed by atoms with E-state index in [1.807, 2.05) is 53.9 Å². The van der Waals surface area contributed by atoms with Gasteiger partial charge in [0.15, 0.2) is 16.9 Å². The lowest BCUT2D eigenvalue weighted by molar-refractivity contribution is -0.121. The summed E-state index contributed by atoms with van der Waals surface area (Å²) in [5.74, 6) is 1.09. The number of carbonyl (C=O) groups is 1. The van der Waals surface area contributed by atoms with Gasteiger partial charge < -0.3 is 14.8 Å². The molecule has 0 atom stereocenters. The van der Waals surface area contributed by atoms with Gasteiger partial charge in [0.2, 0.25) is 0 Å². The third kappa shape index (κ3) is 6.00. The van der Waals surface area contributed by atoms with E-state index in [4.69, 9.17) is 21.7 Å². The minimum Gasteiger partial charge on any atom is -0.497 e. The Morgan fingerprint density at radius 1 is 1.10 bits per heavy atom. The number of thiocarbonyl (C=S) groups is 1. The lowest BCUT2D eigenvalue weighted by Crippen LogP contribution is -2.37. The first-order valence-electron chi connectivity index (χ1n) is 9.00. The first kappa shape index (κ1) is 20.8. The number of methoxy groups -OCH3 is 1. The smallest absolute Gasteiger partial charge is 0.264 e. The van der Waals surface area contributed by atoms with Crippen molar-refractivity contribution in [2.75, 3.05) is 19.0 Å². The summed E-state index contributed by atoms with van der Waals surface area (Å²) in [4.78, 5) is 16.5. The lowest BCUT2D eigenvalue weighted by Gasteiger charge is -2.09. The summed E-state index contributed by atoms with van der Waals surface area (Å²) >= 11 is 6.59. The number of aryl methyl sites for hydroxylation is 1. The van der Waals surface area contributed by atoms with Crippen molar-refractivity contribution < 1.29 is 14.3 Å². The number of ether oxygens (including phenoxy) is 2. The number of carbonyl (C=O) groups excluding carboxylic acids is 1. The number of anilines is 1. The maximum Gasteiger partial charge on any atom is 0.264 e. The summed E-state index contributed by atoms with van der Waals surface area (Å²) in [5.41, 5.74) is 2.99. The molecule has 0 aliphatic rings. The van der Waals surface area contributed by atoms with Crippen LogP contribution in [0.5, 0.6) is 11.5 Å². The molecule has 2 N–H and O–H groups in total. The van der Waals surface area contributed by atoms with Gasteiger partial charge in [-0.15, -0.1) is 11.3 Å². The fraction of sp³-hybridized carbons (Fsp3) is 0.190. The summed E-state index contributed by atoms with van der Waals surface area (Å²) in [6.45, 7) is 1.96. The summed E-state index contributed by atoms with van der Waals surface area (Å²) in [6.07, 6.45) is 0.956. The van der Waals surface area contributed by atoms with E-state index in [0.29, 0.717) is 10.9 Å².